The van der Waals surface area contributed by atoms with E-state index in [1.165, 1.54) is 12.1 Å². The lowest BCUT2D eigenvalue weighted by molar-refractivity contribution is -0.122. The van der Waals surface area contributed by atoms with E-state index in [1.54, 1.807) is 24.3 Å². The van der Waals surface area contributed by atoms with Crippen LogP contribution in [0.2, 0.25) is 10.0 Å². The van der Waals surface area contributed by atoms with E-state index >= 15 is 0 Å². The third kappa shape index (κ3) is 5.52. The second-order valence-electron chi connectivity index (χ2n) is 7.62. The molecule has 6 nitrogen and oxygen atoms in total. The molecule has 1 fully saturated rings. The van der Waals surface area contributed by atoms with Gasteiger partial charge in [0.05, 0.1) is 12.3 Å². The monoisotopic (exact) mass is 620 g/mol. The Labute approximate surface area is 226 Å². The van der Waals surface area contributed by atoms with Crippen LogP contribution in [0.3, 0.4) is 0 Å². The van der Waals surface area contributed by atoms with E-state index in [-0.39, 0.29) is 11.3 Å². The van der Waals surface area contributed by atoms with Crippen LogP contribution >= 0.6 is 45.8 Å². The Morgan fingerprint density at radius 1 is 1.03 bits per heavy atom. The summed E-state index contributed by atoms with van der Waals surface area (Å²) in [6.07, 6.45) is 2.01. The molecule has 1 heterocycles. The standard InChI is InChI=1S/C26H19Cl2IN2O4/c1-2-35-23-12-15(11-22(29)19(23)13-16-6-3-4-9-21(16)28)10-20-24(32)30-26(34)31(25(20)33)18-8-5-7-17(27)14-18/h3-12,14H,2,13H2,1H3,(H,30,32,34)/b20-10+. The summed E-state index contributed by atoms with van der Waals surface area (Å²) >= 11 is 14.6. The minimum Gasteiger partial charge on any atom is -0.494 e. The molecule has 1 aliphatic rings. The summed E-state index contributed by atoms with van der Waals surface area (Å²) in [5, 5.41) is 3.24. The van der Waals surface area contributed by atoms with Crippen LogP contribution in [-0.2, 0) is 16.0 Å². The number of anilines is 1. The van der Waals surface area contributed by atoms with Crippen LogP contribution in [0, 0.1) is 3.57 Å². The minimum atomic E-state index is -0.834. The number of imide groups is 2. The summed E-state index contributed by atoms with van der Waals surface area (Å²) in [4.78, 5) is 39.1. The van der Waals surface area contributed by atoms with Gasteiger partial charge in [-0.05, 0) is 83.1 Å². The van der Waals surface area contributed by atoms with Crippen molar-refractivity contribution in [1.29, 1.82) is 0 Å². The number of nitrogens with zero attached hydrogens (tertiary/aromatic N) is 1. The molecule has 0 aliphatic carbocycles. The Morgan fingerprint density at radius 3 is 2.51 bits per heavy atom. The zero-order valence-corrected chi connectivity index (χ0v) is 22.1. The highest BCUT2D eigenvalue weighted by Gasteiger charge is 2.37. The maximum atomic E-state index is 13.2. The zero-order valence-electron chi connectivity index (χ0n) is 18.5. The highest BCUT2D eigenvalue weighted by atomic mass is 127. The molecular formula is C26H19Cl2IN2O4. The van der Waals surface area contributed by atoms with E-state index in [0.29, 0.717) is 34.4 Å². The Kier molecular flexibility index (Phi) is 7.78. The topological polar surface area (TPSA) is 75.7 Å². The van der Waals surface area contributed by atoms with Crippen molar-refractivity contribution in [1.82, 2.24) is 5.32 Å². The molecule has 3 aromatic carbocycles. The Balaban J connectivity index is 1.73. The fourth-order valence-corrected chi connectivity index (χ4v) is 4.88. The van der Waals surface area contributed by atoms with Crippen molar-refractivity contribution in [3.8, 4) is 5.75 Å². The zero-order chi connectivity index (χ0) is 25.1. The first kappa shape index (κ1) is 25.2. The molecule has 1 N–H and O–H groups in total. The van der Waals surface area contributed by atoms with Crippen molar-refractivity contribution in [3.63, 3.8) is 0 Å². The molecule has 9 heteroatoms. The van der Waals surface area contributed by atoms with Gasteiger partial charge in [-0.1, -0.05) is 47.5 Å². The van der Waals surface area contributed by atoms with Crippen molar-refractivity contribution < 1.29 is 19.1 Å². The summed E-state index contributed by atoms with van der Waals surface area (Å²) in [7, 11) is 0. The molecule has 4 rings (SSSR count). The van der Waals surface area contributed by atoms with E-state index in [4.69, 9.17) is 27.9 Å². The number of benzene rings is 3. The first-order valence-corrected chi connectivity index (χ1v) is 12.5. The second kappa shape index (κ2) is 10.8. The van der Waals surface area contributed by atoms with Gasteiger partial charge >= 0.3 is 6.03 Å². The highest BCUT2D eigenvalue weighted by Crippen LogP contribution is 2.32. The van der Waals surface area contributed by atoms with Gasteiger partial charge in [0.2, 0.25) is 0 Å². The van der Waals surface area contributed by atoms with Gasteiger partial charge in [0, 0.05) is 25.6 Å². The van der Waals surface area contributed by atoms with Gasteiger partial charge in [-0.3, -0.25) is 14.9 Å². The lowest BCUT2D eigenvalue weighted by Crippen LogP contribution is -2.54. The van der Waals surface area contributed by atoms with E-state index < -0.39 is 17.8 Å². The number of urea groups is 1. The molecule has 0 bridgehead atoms. The van der Waals surface area contributed by atoms with Crippen molar-refractivity contribution in [2.45, 2.75) is 13.3 Å². The number of hydrogen-bond donors (Lipinski definition) is 1. The molecule has 1 aliphatic heterocycles. The summed E-state index contributed by atoms with van der Waals surface area (Å²) in [5.41, 5.74) is 2.56. The number of carbonyl (C=O) groups is 3. The Hall–Kier alpha value is -2.88. The summed E-state index contributed by atoms with van der Waals surface area (Å²) in [6, 6.07) is 16.7. The second-order valence-corrected chi connectivity index (χ2v) is 9.62. The molecule has 3 aromatic rings. The molecule has 0 radical (unpaired) electrons. The average Bonchev–Trinajstić information content (AvgIpc) is 2.80. The molecular weight excluding hydrogens is 602 g/mol. The van der Waals surface area contributed by atoms with Crippen molar-refractivity contribution in [3.05, 3.63) is 96.5 Å². The van der Waals surface area contributed by atoms with Crippen LogP contribution in [-0.4, -0.2) is 24.5 Å². The number of carbonyl (C=O) groups excluding carboxylic acids is 3. The predicted molar refractivity (Wildman–Crippen MR) is 145 cm³/mol. The lowest BCUT2D eigenvalue weighted by atomic mass is 10.0. The van der Waals surface area contributed by atoms with Gasteiger partial charge < -0.3 is 4.74 Å². The largest absolute Gasteiger partial charge is 0.494 e. The molecule has 178 valence electrons. The number of hydrogen-bond acceptors (Lipinski definition) is 4. The Bertz CT molecular complexity index is 1370. The van der Waals surface area contributed by atoms with E-state index in [0.717, 1.165) is 19.6 Å². The fourth-order valence-electron chi connectivity index (χ4n) is 3.68. The number of amides is 4. The predicted octanol–water partition coefficient (Wildman–Crippen LogP) is 6.25. The van der Waals surface area contributed by atoms with Crippen LogP contribution in [0.25, 0.3) is 6.08 Å². The highest BCUT2D eigenvalue weighted by molar-refractivity contribution is 14.1. The lowest BCUT2D eigenvalue weighted by Gasteiger charge is -2.26. The number of rotatable bonds is 6. The van der Waals surface area contributed by atoms with E-state index in [9.17, 15) is 14.4 Å². The Morgan fingerprint density at radius 2 is 1.80 bits per heavy atom. The van der Waals surface area contributed by atoms with Crippen molar-refractivity contribution in [2.75, 3.05) is 11.5 Å². The number of nitrogens with one attached hydrogen (secondary N) is 1. The summed E-state index contributed by atoms with van der Waals surface area (Å²) in [6.45, 7) is 2.31. The SMILES string of the molecule is CCOc1cc(/C=C2\C(=O)NC(=O)N(c3cccc(Cl)c3)C2=O)cc(I)c1Cc1ccccc1Cl. The molecule has 4 amide bonds. The van der Waals surface area contributed by atoms with Crippen LogP contribution in [0.1, 0.15) is 23.6 Å². The van der Waals surface area contributed by atoms with Crippen LogP contribution < -0.4 is 15.0 Å². The van der Waals surface area contributed by atoms with E-state index in [2.05, 4.69) is 27.9 Å². The number of halogens is 3. The van der Waals surface area contributed by atoms with Crippen LogP contribution in [0.15, 0.2) is 66.2 Å². The third-order valence-corrected chi connectivity index (χ3v) is 6.85. The maximum Gasteiger partial charge on any atom is 0.335 e. The number of barbiturate groups is 1. The van der Waals surface area contributed by atoms with Gasteiger partial charge in [-0.2, -0.15) is 0 Å². The van der Waals surface area contributed by atoms with Crippen molar-refractivity contribution >= 4 is 75.4 Å². The molecule has 0 spiro atoms. The van der Waals surface area contributed by atoms with Gasteiger partial charge in [0.15, 0.2) is 0 Å². The number of ether oxygens (including phenoxy) is 1. The van der Waals surface area contributed by atoms with Gasteiger partial charge in [0.25, 0.3) is 11.8 Å². The normalized spacial score (nSPS) is 14.9. The fraction of sp³-hybridized carbons (Fsp3) is 0.115. The first-order chi connectivity index (χ1) is 16.8. The van der Waals surface area contributed by atoms with Crippen molar-refractivity contribution in [2.24, 2.45) is 0 Å². The molecule has 0 unspecified atom stereocenters. The van der Waals surface area contributed by atoms with Crippen LogP contribution in [0.5, 0.6) is 5.75 Å². The summed E-state index contributed by atoms with van der Waals surface area (Å²) < 4.78 is 6.77. The third-order valence-electron chi connectivity index (χ3n) is 5.28. The average molecular weight is 621 g/mol. The maximum absolute atomic E-state index is 13.2. The van der Waals surface area contributed by atoms with Gasteiger partial charge in [0.1, 0.15) is 11.3 Å². The van der Waals surface area contributed by atoms with Gasteiger partial charge in [-0.25, -0.2) is 9.69 Å². The summed E-state index contributed by atoms with van der Waals surface area (Å²) in [5.74, 6) is -0.891. The quantitative estimate of drug-likeness (QED) is 0.201. The van der Waals surface area contributed by atoms with E-state index in [1.807, 2.05) is 37.3 Å². The molecule has 0 aromatic heterocycles. The van der Waals surface area contributed by atoms with Gasteiger partial charge in [-0.15, -0.1) is 0 Å². The molecule has 1 saturated heterocycles. The van der Waals surface area contributed by atoms with Crippen LogP contribution in [0.4, 0.5) is 10.5 Å². The molecule has 0 atom stereocenters. The molecule has 35 heavy (non-hydrogen) atoms. The first-order valence-electron chi connectivity index (χ1n) is 10.6. The molecule has 0 saturated carbocycles. The smallest absolute Gasteiger partial charge is 0.335 e. The minimum absolute atomic E-state index is 0.179.